The first-order valence-electron chi connectivity index (χ1n) is 12.1. The standard InChI is InChI=1S/C28H31N5O3/c1-17-15-33(16-18(2)29-17)22-8-5-19(6-9-22)28(34)30-27-25-10-7-20(13-26(25)31-32-27)21-11-23(35-3)14-24(12-21)36-4/h5-14,17-18,29H,15-16H2,1-4H3,(H2,30,31,32,34). The number of nitrogens with zero attached hydrogens (tertiary/aromatic N) is 2. The molecule has 0 bridgehead atoms. The monoisotopic (exact) mass is 485 g/mol. The molecule has 0 radical (unpaired) electrons. The molecule has 3 aromatic carbocycles. The number of amides is 1. The van der Waals surface area contributed by atoms with E-state index < -0.39 is 0 Å². The predicted octanol–water partition coefficient (Wildman–Crippen LogP) is 4.69. The van der Waals surface area contributed by atoms with Crippen LogP contribution in [0.15, 0.2) is 60.7 Å². The van der Waals surface area contributed by atoms with Crippen molar-refractivity contribution in [3.63, 3.8) is 0 Å². The number of hydrogen-bond acceptors (Lipinski definition) is 6. The molecule has 1 aliphatic heterocycles. The molecule has 36 heavy (non-hydrogen) atoms. The van der Waals surface area contributed by atoms with Gasteiger partial charge in [0.15, 0.2) is 5.82 Å². The number of hydrogen-bond donors (Lipinski definition) is 3. The summed E-state index contributed by atoms with van der Waals surface area (Å²) in [4.78, 5) is 15.3. The van der Waals surface area contributed by atoms with Crippen LogP contribution >= 0.6 is 0 Å². The number of methoxy groups -OCH3 is 2. The average Bonchev–Trinajstić information content (AvgIpc) is 3.29. The van der Waals surface area contributed by atoms with Crippen LogP contribution in [0.2, 0.25) is 0 Å². The minimum atomic E-state index is -0.196. The van der Waals surface area contributed by atoms with Crippen molar-refractivity contribution >= 4 is 28.3 Å². The van der Waals surface area contributed by atoms with E-state index in [2.05, 4.69) is 39.6 Å². The number of aromatic amines is 1. The Morgan fingerprint density at radius 3 is 2.22 bits per heavy atom. The molecule has 8 heteroatoms. The van der Waals surface area contributed by atoms with Gasteiger partial charge in [-0.25, -0.2) is 0 Å². The highest BCUT2D eigenvalue weighted by atomic mass is 16.5. The number of nitrogens with one attached hydrogen (secondary N) is 3. The number of anilines is 2. The first kappa shape index (κ1) is 23.7. The van der Waals surface area contributed by atoms with Gasteiger partial charge in [0.05, 0.1) is 19.7 Å². The highest BCUT2D eigenvalue weighted by molar-refractivity contribution is 6.08. The normalized spacial score (nSPS) is 17.7. The van der Waals surface area contributed by atoms with E-state index in [0.717, 1.165) is 40.8 Å². The quantitative estimate of drug-likeness (QED) is 0.367. The fraction of sp³-hybridized carbons (Fsp3) is 0.286. The SMILES string of the molecule is COc1cc(OC)cc(-c2ccc3c(NC(=O)c4ccc(N5CC(C)NC(C)C5)cc4)n[nH]c3c2)c1. The van der Waals surface area contributed by atoms with Gasteiger partial charge in [-0.05, 0) is 73.5 Å². The Kier molecular flexibility index (Phi) is 6.52. The zero-order valence-corrected chi connectivity index (χ0v) is 21.0. The van der Waals surface area contributed by atoms with Gasteiger partial charge in [0, 0.05) is 47.9 Å². The molecule has 3 N–H and O–H groups in total. The fourth-order valence-electron chi connectivity index (χ4n) is 4.81. The van der Waals surface area contributed by atoms with Crippen molar-refractivity contribution in [2.75, 3.05) is 37.5 Å². The van der Waals surface area contributed by atoms with Gasteiger partial charge in [-0.2, -0.15) is 5.10 Å². The van der Waals surface area contributed by atoms with Crippen LogP contribution in [0.4, 0.5) is 11.5 Å². The lowest BCUT2D eigenvalue weighted by molar-refractivity contribution is 0.102. The molecule has 8 nitrogen and oxygen atoms in total. The molecule has 4 aromatic rings. The van der Waals surface area contributed by atoms with E-state index in [4.69, 9.17) is 9.47 Å². The number of H-pyrrole nitrogens is 1. The summed E-state index contributed by atoms with van der Waals surface area (Å²) in [5.41, 5.74) is 4.47. The van der Waals surface area contributed by atoms with E-state index in [9.17, 15) is 4.79 Å². The van der Waals surface area contributed by atoms with Crippen LogP contribution in [0.5, 0.6) is 11.5 Å². The molecule has 186 valence electrons. The lowest BCUT2D eigenvalue weighted by Gasteiger charge is -2.37. The first-order chi connectivity index (χ1) is 17.4. The molecule has 2 heterocycles. The third-order valence-electron chi connectivity index (χ3n) is 6.53. The molecular formula is C28H31N5O3. The van der Waals surface area contributed by atoms with Gasteiger partial charge in [-0.15, -0.1) is 0 Å². The van der Waals surface area contributed by atoms with Gasteiger partial charge in [0.1, 0.15) is 11.5 Å². The second kappa shape index (κ2) is 9.91. The van der Waals surface area contributed by atoms with Gasteiger partial charge in [0.2, 0.25) is 0 Å². The Morgan fingerprint density at radius 1 is 0.917 bits per heavy atom. The van der Waals surface area contributed by atoms with E-state index >= 15 is 0 Å². The van der Waals surface area contributed by atoms with Crippen molar-refractivity contribution in [3.8, 4) is 22.6 Å². The maximum Gasteiger partial charge on any atom is 0.256 e. The van der Waals surface area contributed by atoms with Crippen LogP contribution in [0, 0.1) is 0 Å². The summed E-state index contributed by atoms with van der Waals surface area (Å²) < 4.78 is 10.8. The van der Waals surface area contributed by atoms with E-state index in [1.54, 1.807) is 14.2 Å². The van der Waals surface area contributed by atoms with E-state index in [1.165, 1.54) is 0 Å². The Labute approximate surface area is 210 Å². The van der Waals surface area contributed by atoms with E-state index in [-0.39, 0.29) is 5.91 Å². The van der Waals surface area contributed by atoms with Crippen molar-refractivity contribution < 1.29 is 14.3 Å². The highest BCUT2D eigenvalue weighted by Gasteiger charge is 2.21. The molecule has 1 fully saturated rings. The number of piperazine rings is 1. The maximum atomic E-state index is 13.0. The summed E-state index contributed by atoms with van der Waals surface area (Å²) in [5.74, 6) is 1.74. The van der Waals surface area contributed by atoms with E-state index in [0.29, 0.717) is 35.0 Å². The van der Waals surface area contributed by atoms with Crippen molar-refractivity contribution in [1.29, 1.82) is 0 Å². The molecule has 5 rings (SSSR count). The third kappa shape index (κ3) is 4.85. The smallest absolute Gasteiger partial charge is 0.256 e. The van der Waals surface area contributed by atoms with Crippen LogP contribution in [0.1, 0.15) is 24.2 Å². The van der Waals surface area contributed by atoms with Gasteiger partial charge >= 0.3 is 0 Å². The number of benzene rings is 3. The summed E-state index contributed by atoms with van der Waals surface area (Å²) in [6.45, 7) is 6.27. The Balaban J connectivity index is 1.33. The zero-order chi connectivity index (χ0) is 25.2. The summed E-state index contributed by atoms with van der Waals surface area (Å²) in [7, 11) is 3.26. The summed E-state index contributed by atoms with van der Waals surface area (Å²) in [5, 5.41) is 14.7. The Hall–Kier alpha value is -4.04. The predicted molar refractivity (Wildman–Crippen MR) is 143 cm³/mol. The molecule has 0 spiro atoms. The zero-order valence-electron chi connectivity index (χ0n) is 21.0. The molecule has 0 aliphatic carbocycles. The topological polar surface area (TPSA) is 91.5 Å². The summed E-state index contributed by atoms with van der Waals surface area (Å²) in [6, 6.07) is 20.3. The lowest BCUT2D eigenvalue weighted by atomic mass is 10.0. The largest absolute Gasteiger partial charge is 0.497 e. The first-order valence-corrected chi connectivity index (χ1v) is 12.1. The average molecular weight is 486 g/mol. The Morgan fingerprint density at radius 2 is 1.58 bits per heavy atom. The summed E-state index contributed by atoms with van der Waals surface area (Å²) >= 11 is 0. The van der Waals surface area contributed by atoms with Crippen LogP contribution in [0.25, 0.3) is 22.0 Å². The van der Waals surface area contributed by atoms with Gasteiger partial charge in [0.25, 0.3) is 5.91 Å². The summed E-state index contributed by atoms with van der Waals surface area (Å²) in [6.07, 6.45) is 0. The molecule has 2 atom stereocenters. The van der Waals surface area contributed by atoms with Crippen molar-refractivity contribution in [1.82, 2.24) is 15.5 Å². The minimum absolute atomic E-state index is 0.196. The van der Waals surface area contributed by atoms with Gasteiger partial charge in [-0.3, -0.25) is 9.89 Å². The van der Waals surface area contributed by atoms with Crippen LogP contribution in [0.3, 0.4) is 0 Å². The molecule has 2 unspecified atom stereocenters. The number of rotatable bonds is 6. The van der Waals surface area contributed by atoms with Gasteiger partial charge < -0.3 is 25.0 Å². The second-order valence-electron chi connectivity index (χ2n) is 9.31. The van der Waals surface area contributed by atoms with Crippen LogP contribution in [-0.2, 0) is 0 Å². The lowest BCUT2D eigenvalue weighted by Crippen LogP contribution is -2.54. The molecule has 1 aliphatic rings. The minimum Gasteiger partial charge on any atom is -0.497 e. The van der Waals surface area contributed by atoms with Crippen LogP contribution in [-0.4, -0.2) is 55.5 Å². The molecule has 0 saturated carbocycles. The second-order valence-corrected chi connectivity index (χ2v) is 9.31. The number of carbonyl (C=O) groups excluding carboxylic acids is 1. The van der Waals surface area contributed by atoms with Gasteiger partial charge in [-0.1, -0.05) is 6.07 Å². The van der Waals surface area contributed by atoms with Crippen molar-refractivity contribution in [2.24, 2.45) is 0 Å². The molecular weight excluding hydrogens is 454 g/mol. The number of carbonyl (C=O) groups is 1. The number of fused-ring (bicyclic) bond motifs is 1. The van der Waals surface area contributed by atoms with Crippen LogP contribution < -0.4 is 25.0 Å². The fourth-order valence-corrected chi connectivity index (χ4v) is 4.81. The molecule has 1 saturated heterocycles. The maximum absolute atomic E-state index is 13.0. The van der Waals surface area contributed by atoms with Crippen molar-refractivity contribution in [2.45, 2.75) is 25.9 Å². The van der Waals surface area contributed by atoms with Crippen molar-refractivity contribution in [3.05, 3.63) is 66.2 Å². The molecule has 1 amide bonds. The molecule has 1 aromatic heterocycles. The highest BCUT2D eigenvalue weighted by Crippen LogP contribution is 2.32. The Bertz CT molecular complexity index is 1350. The van der Waals surface area contributed by atoms with E-state index in [1.807, 2.05) is 60.7 Å². The number of ether oxygens (including phenoxy) is 2. The third-order valence-corrected chi connectivity index (χ3v) is 6.53. The number of aromatic nitrogens is 2.